The zero-order valence-corrected chi connectivity index (χ0v) is 27.2. The number of thiophene rings is 2. The highest BCUT2D eigenvalue weighted by atomic mass is 79.9. The minimum atomic E-state index is -0.430. The number of nitrogens with one attached hydrogen (secondary N) is 1. The van der Waals surface area contributed by atoms with E-state index in [-0.39, 0.29) is 11.5 Å². The van der Waals surface area contributed by atoms with Gasteiger partial charge in [0.15, 0.2) is 0 Å². The van der Waals surface area contributed by atoms with Crippen molar-refractivity contribution in [3.8, 4) is 0 Å². The third-order valence-corrected chi connectivity index (χ3v) is 12.5. The van der Waals surface area contributed by atoms with Crippen LogP contribution in [0.5, 0.6) is 0 Å². The standard InChI is InChI=1S/C18H20BrNO2S.C13H12BrNS/c1-17(2,3)22-16(21)20-9-12-8-18(12,10-20)15-7-11-6-13(19)4-5-14(11)23-15;14-10-1-2-11-8(3-10)4-12(16-11)13-5-9(13)6-15-7-13/h4-7,12H,8-10H2,1-3H3;1-4,9,15H,5-7H2. The molecular weight excluding hydrogens is 656 g/mol. The number of rotatable bonds is 2. The molecule has 1 N–H and O–H groups in total. The van der Waals surface area contributed by atoms with Crippen molar-refractivity contribution < 1.29 is 9.53 Å². The van der Waals surface area contributed by atoms with Crippen LogP contribution < -0.4 is 5.32 Å². The van der Waals surface area contributed by atoms with Crippen molar-refractivity contribution in [1.82, 2.24) is 10.2 Å². The molecule has 2 aliphatic heterocycles. The number of benzene rings is 2. The fourth-order valence-corrected chi connectivity index (χ4v) is 9.96. The van der Waals surface area contributed by atoms with Crippen LogP contribution in [0.15, 0.2) is 57.5 Å². The quantitative estimate of drug-likeness (QED) is 0.229. The number of amides is 1. The third-order valence-electron chi connectivity index (χ3n) is 8.80. The van der Waals surface area contributed by atoms with Gasteiger partial charge in [-0.3, -0.25) is 0 Å². The molecule has 0 radical (unpaired) electrons. The van der Waals surface area contributed by atoms with Crippen LogP contribution >= 0.6 is 54.5 Å². The van der Waals surface area contributed by atoms with Gasteiger partial charge in [0.25, 0.3) is 0 Å². The predicted molar refractivity (Wildman–Crippen MR) is 169 cm³/mol. The van der Waals surface area contributed by atoms with Gasteiger partial charge in [-0.15, -0.1) is 22.7 Å². The molecule has 4 atom stereocenters. The van der Waals surface area contributed by atoms with Crippen LogP contribution in [0.2, 0.25) is 0 Å². The number of halogens is 2. The van der Waals surface area contributed by atoms with Crippen LogP contribution in [0.25, 0.3) is 20.2 Å². The van der Waals surface area contributed by atoms with Gasteiger partial charge in [-0.2, -0.15) is 0 Å². The van der Waals surface area contributed by atoms with Gasteiger partial charge in [-0.05, 0) is 111 Å². The summed E-state index contributed by atoms with van der Waals surface area (Å²) in [6.45, 7) is 9.78. The van der Waals surface area contributed by atoms with Gasteiger partial charge in [-0.1, -0.05) is 31.9 Å². The molecule has 2 saturated carbocycles. The lowest BCUT2D eigenvalue weighted by molar-refractivity contribution is 0.0270. The topological polar surface area (TPSA) is 41.6 Å². The Kier molecular flexibility index (Phi) is 6.29. The van der Waals surface area contributed by atoms with Gasteiger partial charge in [-0.25, -0.2) is 4.79 Å². The lowest BCUT2D eigenvalue weighted by Crippen LogP contribution is -2.37. The second-order valence-electron chi connectivity index (χ2n) is 12.7. The summed E-state index contributed by atoms with van der Waals surface area (Å²) in [6.07, 6.45) is 2.42. The Morgan fingerprint density at radius 2 is 1.51 bits per heavy atom. The molecule has 4 aromatic rings. The number of carbonyl (C=O) groups excluding carboxylic acids is 1. The lowest BCUT2D eigenvalue weighted by atomic mass is 10.0. The van der Waals surface area contributed by atoms with Crippen molar-refractivity contribution in [3.63, 3.8) is 0 Å². The number of piperidine rings is 2. The van der Waals surface area contributed by atoms with E-state index in [1.165, 1.54) is 55.5 Å². The molecule has 4 nitrogen and oxygen atoms in total. The maximum Gasteiger partial charge on any atom is 0.410 e. The average molecular weight is 689 g/mol. The molecule has 0 spiro atoms. The van der Waals surface area contributed by atoms with E-state index in [1.807, 2.05) is 48.3 Å². The predicted octanol–water partition coefficient (Wildman–Crippen LogP) is 8.70. The van der Waals surface area contributed by atoms with Crippen molar-refractivity contribution >= 4 is 80.8 Å². The number of carbonyl (C=O) groups is 1. The largest absolute Gasteiger partial charge is 0.444 e. The first-order valence-corrected chi connectivity index (χ1v) is 16.8. The Labute approximate surface area is 254 Å². The monoisotopic (exact) mass is 686 g/mol. The Morgan fingerprint density at radius 3 is 2.05 bits per heavy atom. The maximum absolute atomic E-state index is 12.3. The van der Waals surface area contributed by atoms with Crippen molar-refractivity contribution in [3.05, 3.63) is 67.2 Å². The Morgan fingerprint density at radius 1 is 0.923 bits per heavy atom. The summed E-state index contributed by atoms with van der Waals surface area (Å²) in [7, 11) is 0. The van der Waals surface area contributed by atoms with Crippen LogP contribution in [-0.2, 0) is 15.6 Å². The van der Waals surface area contributed by atoms with E-state index >= 15 is 0 Å². The first-order valence-electron chi connectivity index (χ1n) is 13.6. The fraction of sp³-hybridized carbons (Fsp3) is 0.452. The molecule has 0 bridgehead atoms. The Hall–Kier alpha value is -1.45. The molecule has 39 heavy (non-hydrogen) atoms. The highest BCUT2D eigenvalue weighted by Gasteiger charge is 2.63. The molecule has 2 aliphatic carbocycles. The molecule has 8 heteroatoms. The number of likely N-dealkylation sites (tertiary alicyclic amines) is 1. The normalized spacial score (nSPS) is 28.7. The molecule has 8 rings (SSSR count). The van der Waals surface area contributed by atoms with E-state index in [4.69, 9.17) is 4.74 Å². The summed E-state index contributed by atoms with van der Waals surface area (Å²) in [6, 6.07) is 17.7. The van der Waals surface area contributed by atoms with Crippen molar-refractivity contribution in [1.29, 1.82) is 0 Å². The molecular formula is C31H32Br2N2O2S2. The summed E-state index contributed by atoms with van der Waals surface area (Å²) in [5.74, 6) is 1.50. The first-order chi connectivity index (χ1) is 18.5. The molecule has 4 aliphatic rings. The Bertz CT molecular complexity index is 1610. The van der Waals surface area contributed by atoms with Crippen molar-refractivity contribution in [2.75, 3.05) is 26.2 Å². The third kappa shape index (κ3) is 4.78. The zero-order valence-electron chi connectivity index (χ0n) is 22.4. The van der Waals surface area contributed by atoms with Crippen LogP contribution in [0.3, 0.4) is 0 Å². The number of fused-ring (bicyclic) bond motifs is 4. The van der Waals surface area contributed by atoms with E-state index in [9.17, 15) is 4.79 Å². The number of ether oxygens (including phenoxy) is 1. The average Bonchev–Trinajstić information content (AvgIpc) is 3.38. The van der Waals surface area contributed by atoms with E-state index in [1.54, 1.807) is 4.88 Å². The van der Waals surface area contributed by atoms with Gasteiger partial charge in [0.1, 0.15) is 5.60 Å². The van der Waals surface area contributed by atoms with Gasteiger partial charge < -0.3 is 15.0 Å². The maximum atomic E-state index is 12.3. The molecule has 2 aromatic carbocycles. The second-order valence-corrected chi connectivity index (χ2v) is 16.7. The zero-order chi connectivity index (χ0) is 27.2. The van der Waals surface area contributed by atoms with E-state index < -0.39 is 5.60 Å². The molecule has 4 heterocycles. The van der Waals surface area contributed by atoms with Gasteiger partial charge in [0, 0.05) is 58.6 Å². The first kappa shape index (κ1) is 26.4. The minimum absolute atomic E-state index is 0.173. The SMILES string of the molecule is Brc1ccc2sc(C34CNCC3C4)cc2c1.CC(C)(C)OC(=O)N1CC2CC2(c2cc3cc(Br)ccc3s2)C1. The summed E-state index contributed by atoms with van der Waals surface area (Å²) in [5, 5.41) is 6.19. The number of hydrogen-bond donors (Lipinski definition) is 1. The van der Waals surface area contributed by atoms with Gasteiger partial charge in [0.05, 0.1) is 0 Å². The molecule has 204 valence electrons. The molecule has 1 amide bonds. The highest BCUT2D eigenvalue weighted by Crippen LogP contribution is 2.61. The van der Waals surface area contributed by atoms with E-state index in [0.29, 0.717) is 11.3 Å². The van der Waals surface area contributed by atoms with Crippen LogP contribution in [0.1, 0.15) is 43.4 Å². The van der Waals surface area contributed by atoms with E-state index in [2.05, 4.69) is 85.7 Å². The second kappa shape index (κ2) is 9.28. The smallest absolute Gasteiger partial charge is 0.410 e. The molecule has 4 fully saturated rings. The molecule has 2 saturated heterocycles. The number of nitrogens with zero attached hydrogens (tertiary/aromatic N) is 1. The molecule has 4 unspecified atom stereocenters. The van der Waals surface area contributed by atoms with Crippen LogP contribution in [-0.4, -0.2) is 42.8 Å². The number of hydrogen-bond acceptors (Lipinski definition) is 5. The van der Waals surface area contributed by atoms with E-state index in [0.717, 1.165) is 23.5 Å². The lowest BCUT2D eigenvalue weighted by Gasteiger charge is -2.26. The summed E-state index contributed by atoms with van der Waals surface area (Å²) in [4.78, 5) is 17.2. The van der Waals surface area contributed by atoms with Crippen LogP contribution in [0.4, 0.5) is 4.79 Å². The summed E-state index contributed by atoms with van der Waals surface area (Å²) < 4.78 is 10.6. The Balaban J connectivity index is 0.000000138. The summed E-state index contributed by atoms with van der Waals surface area (Å²) >= 11 is 10.9. The minimum Gasteiger partial charge on any atom is -0.444 e. The summed E-state index contributed by atoms with van der Waals surface area (Å²) in [5.41, 5.74) is 0.254. The van der Waals surface area contributed by atoms with Gasteiger partial charge >= 0.3 is 6.09 Å². The van der Waals surface area contributed by atoms with Crippen LogP contribution in [0, 0.1) is 11.8 Å². The van der Waals surface area contributed by atoms with Crippen molar-refractivity contribution in [2.45, 2.75) is 50.0 Å². The highest BCUT2D eigenvalue weighted by molar-refractivity contribution is 9.10. The fourth-order valence-electron chi connectivity index (χ4n) is 6.57. The molecule has 2 aromatic heterocycles. The van der Waals surface area contributed by atoms with Gasteiger partial charge in [0.2, 0.25) is 0 Å². The van der Waals surface area contributed by atoms with Crippen molar-refractivity contribution in [2.24, 2.45) is 11.8 Å².